The van der Waals surface area contributed by atoms with E-state index in [1.165, 1.54) is 13.2 Å². The van der Waals surface area contributed by atoms with Crippen LogP contribution in [0.2, 0.25) is 0 Å². The molecular formula is C25H29FN4O5. The van der Waals surface area contributed by atoms with E-state index in [9.17, 15) is 19.1 Å². The van der Waals surface area contributed by atoms with E-state index in [2.05, 4.69) is 0 Å². The van der Waals surface area contributed by atoms with Crippen molar-refractivity contribution in [3.63, 3.8) is 0 Å². The Bertz CT molecular complexity index is 1130. The van der Waals surface area contributed by atoms with E-state index in [0.717, 1.165) is 25.0 Å². The van der Waals surface area contributed by atoms with Gasteiger partial charge in [-0.1, -0.05) is 12.1 Å². The number of ketones is 1. The monoisotopic (exact) mass is 484 g/mol. The number of methoxy groups -OCH3 is 1. The van der Waals surface area contributed by atoms with E-state index in [1.54, 1.807) is 29.2 Å². The molecule has 35 heavy (non-hydrogen) atoms. The zero-order chi connectivity index (χ0) is 25.5. The summed E-state index contributed by atoms with van der Waals surface area (Å²) in [4.78, 5) is 27.0. The third-order valence-electron chi connectivity index (χ3n) is 5.77. The van der Waals surface area contributed by atoms with Crippen molar-refractivity contribution in [2.45, 2.75) is 18.9 Å². The lowest BCUT2D eigenvalue weighted by atomic mass is 10.0. The minimum atomic E-state index is -0.762. The molecule has 9 nitrogen and oxygen atoms in total. The van der Waals surface area contributed by atoms with E-state index in [-0.39, 0.29) is 54.5 Å². The van der Waals surface area contributed by atoms with Crippen molar-refractivity contribution in [2.75, 3.05) is 39.2 Å². The van der Waals surface area contributed by atoms with Crippen LogP contribution in [0.25, 0.3) is 5.70 Å². The van der Waals surface area contributed by atoms with Gasteiger partial charge in [0, 0.05) is 48.3 Å². The van der Waals surface area contributed by atoms with Gasteiger partial charge in [-0.05, 0) is 36.6 Å². The third-order valence-corrected chi connectivity index (χ3v) is 5.77. The number of amides is 1. The maximum absolute atomic E-state index is 14.4. The molecule has 1 heterocycles. The quantitative estimate of drug-likeness (QED) is 0.174. The highest BCUT2D eigenvalue weighted by Gasteiger charge is 2.28. The smallest absolute Gasteiger partial charge is 0.254 e. The fourth-order valence-electron chi connectivity index (χ4n) is 3.82. The van der Waals surface area contributed by atoms with Crippen molar-refractivity contribution in [3.05, 3.63) is 65.0 Å². The standard InChI is InChI=1S/C25H29FN4O5/c1-34-9-10-35-23-13-21(28)18(11-19(23)26)24(29)22(32)12-20(27)15-4-6-16(7-5-15)25(33)30-8-2-3-17(30)14-31/h4-7,11-13,17,29,31H,2-3,8-10,14,27-28H2,1H3/t17-/m0/s1. The van der Waals surface area contributed by atoms with Gasteiger partial charge in [-0.25, -0.2) is 4.39 Å². The Labute approximate surface area is 202 Å². The highest BCUT2D eigenvalue weighted by molar-refractivity contribution is 6.50. The Morgan fingerprint density at radius 1 is 1.23 bits per heavy atom. The first-order valence-electron chi connectivity index (χ1n) is 11.1. The number of anilines is 1. The van der Waals surface area contributed by atoms with Gasteiger partial charge in [0.1, 0.15) is 12.3 Å². The van der Waals surface area contributed by atoms with Gasteiger partial charge in [-0.15, -0.1) is 0 Å². The van der Waals surface area contributed by atoms with Crippen molar-refractivity contribution in [3.8, 4) is 5.75 Å². The molecule has 186 valence electrons. The fraction of sp³-hybridized carbons (Fsp3) is 0.320. The molecule has 0 aromatic heterocycles. The summed E-state index contributed by atoms with van der Waals surface area (Å²) in [6.07, 6.45) is 2.67. The summed E-state index contributed by atoms with van der Waals surface area (Å²) < 4.78 is 24.4. The number of halogens is 1. The van der Waals surface area contributed by atoms with Crippen LogP contribution in [0.1, 0.15) is 34.3 Å². The molecule has 3 rings (SSSR count). The lowest BCUT2D eigenvalue weighted by molar-refractivity contribution is -0.108. The molecule has 0 bridgehead atoms. The predicted octanol–water partition coefficient (Wildman–Crippen LogP) is 1.97. The van der Waals surface area contributed by atoms with Gasteiger partial charge < -0.3 is 30.9 Å². The number of aliphatic hydroxyl groups excluding tert-OH is 1. The first kappa shape index (κ1) is 25.9. The summed E-state index contributed by atoms with van der Waals surface area (Å²) in [6, 6.07) is 8.39. The number of allylic oxidation sites excluding steroid dienone is 1. The summed E-state index contributed by atoms with van der Waals surface area (Å²) in [5.41, 5.74) is 12.4. The molecule has 0 radical (unpaired) electrons. The van der Waals surface area contributed by atoms with E-state index in [4.69, 9.17) is 26.4 Å². The average Bonchev–Trinajstić information content (AvgIpc) is 3.34. The maximum atomic E-state index is 14.4. The SMILES string of the molecule is COCCOc1cc(N)c(C(=N)C(=O)C=C(N)c2ccc(C(=O)N3CCC[C@H]3CO)cc2)cc1F. The largest absolute Gasteiger partial charge is 0.488 e. The molecule has 1 aliphatic rings. The van der Waals surface area contributed by atoms with Crippen molar-refractivity contribution in [1.29, 1.82) is 5.41 Å². The highest BCUT2D eigenvalue weighted by Crippen LogP contribution is 2.25. The second kappa shape index (κ2) is 11.6. The number of aliphatic hydroxyl groups is 1. The molecule has 0 aliphatic carbocycles. The van der Waals surface area contributed by atoms with E-state index < -0.39 is 17.3 Å². The van der Waals surface area contributed by atoms with Crippen molar-refractivity contribution in [2.24, 2.45) is 5.73 Å². The van der Waals surface area contributed by atoms with Crippen molar-refractivity contribution >= 4 is 28.8 Å². The first-order chi connectivity index (χ1) is 16.8. The number of hydrogen-bond donors (Lipinski definition) is 4. The Morgan fingerprint density at radius 2 is 1.91 bits per heavy atom. The summed E-state index contributed by atoms with van der Waals surface area (Å²) in [6.45, 7) is 0.891. The van der Waals surface area contributed by atoms with Crippen LogP contribution in [0.4, 0.5) is 10.1 Å². The van der Waals surface area contributed by atoms with E-state index in [1.807, 2.05) is 0 Å². The summed E-state index contributed by atoms with van der Waals surface area (Å²) in [5, 5.41) is 17.6. The van der Waals surface area contributed by atoms with E-state index in [0.29, 0.717) is 17.7 Å². The van der Waals surface area contributed by atoms with Gasteiger partial charge in [0.25, 0.3) is 5.91 Å². The normalized spacial score (nSPS) is 15.8. The van der Waals surface area contributed by atoms with Crippen LogP contribution in [0.3, 0.4) is 0 Å². The molecule has 2 aromatic carbocycles. The number of rotatable bonds is 10. The van der Waals surface area contributed by atoms with Crippen LogP contribution in [-0.4, -0.2) is 66.9 Å². The number of likely N-dealkylation sites (tertiary alicyclic amines) is 1. The Balaban J connectivity index is 1.71. The molecule has 0 unspecified atom stereocenters. The highest BCUT2D eigenvalue weighted by atomic mass is 19.1. The predicted molar refractivity (Wildman–Crippen MR) is 130 cm³/mol. The molecule has 2 aromatic rings. The Morgan fingerprint density at radius 3 is 2.57 bits per heavy atom. The van der Waals surface area contributed by atoms with Gasteiger partial charge in [0.2, 0.25) is 5.78 Å². The van der Waals surface area contributed by atoms with Gasteiger partial charge in [0.15, 0.2) is 11.6 Å². The zero-order valence-electron chi connectivity index (χ0n) is 19.4. The molecule has 1 atom stereocenters. The van der Waals surface area contributed by atoms with Gasteiger partial charge in [-0.3, -0.25) is 15.0 Å². The van der Waals surface area contributed by atoms with Crippen LogP contribution >= 0.6 is 0 Å². The number of hydrogen-bond acceptors (Lipinski definition) is 8. The number of benzene rings is 2. The molecule has 1 fully saturated rings. The number of nitrogens with two attached hydrogens (primary N) is 2. The minimum absolute atomic E-state index is 0.00935. The van der Waals surface area contributed by atoms with Gasteiger partial charge in [0.05, 0.1) is 19.3 Å². The van der Waals surface area contributed by atoms with Gasteiger partial charge in [-0.2, -0.15) is 0 Å². The molecule has 0 spiro atoms. The Kier molecular flexibility index (Phi) is 8.56. The Hall–Kier alpha value is -3.76. The summed E-state index contributed by atoms with van der Waals surface area (Å²) in [5.74, 6) is -1.81. The van der Waals surface area contributed by atoms with E-state index >= 15 is 0 Å². The lowest BCUT2D eigenvalue weighted by Crippen LogP contribution is -2.37. The average molecular weight is 485 g/mol. The fourth-order valence-corrected chi connectivity index (χ4v) is 3.82. The molecule has 10 heteroatoms. The topological polar surface area (TPSA) is 152 Å². The summed E-state index contributed by atoms with van der Waals surface area (Å²) in [7, 11) is 1.49. The number of nitrogens with zero attached hydrogens (tertiary/aromatic N) is 1. The molecular weight excluding hydrogens is 455 g/mol. The van der Waals surface area contributed by atoms with Crippen molar-refractivity contribution < 1.29 is 28.6 Å². The number of carbonyl (C=O) groups is 2. The third kappa shape index (κ3) is 6.03. The molecule has 0 saturated carbocycles. The van der Waals surface area contributed by atoms with Crippen molar-refractivity contribution in [1.82, 2.24) is 4.90 Å². The van der Waals surface area contributed by atoms with Crippen LogP contribution in [0.5, 0.6) is 5.75 Å². The number of nitrogens with one attached hydrogen (secondary N) is 1. The molecule has 6 N–H and O–H groups in total. The molecule has 1 amide bonds. The first-order valence-corrected chi connectivity index (χ1v) is 11.1. The molecule has 1 aliphatic heterocycles. The number of ether oxygens (including phenoxy) is 2. The van der Waals surface area contributed by atoms with Crippen LogP contribution in [0.15, 0.2) is 42.5 Å². The van der Waals surface area contributed by atoms with Crippen LogP contribution in [0, 0.1) is 11.2 Å². The number of nitrogen functional groups attached to an aromatic ring is 1. The maximum Gasteiger partial charge on any atom is 0.254 e. The lowest BCUT2D eigenvalue weighted by Gasteiger charge is -2.23. The minimum Gasteiger partial charge on any atom is -0.488 e. The molecule has 1 saturated heterocycles. The second-order valence-electron chi connectivity index (χ2n) is 8.10. The number of carbonyl (C=O) groups excluding carboxylic acids is 2. The summed E-state index contributed by atoms with van der Waals surface area (Å²) >= 11 is 0. The second-order valence-corrected chi connectivity index (χ2v) is 8.10. The van der Waals surface area contributed by atoms with Crippen LogP contribution in [-0.2, 0) is 9.53 Å². The van der Waals surface area contributed by atoms with Crippen LogP contribution < -0.4 is 16.2 Å². The van der Waals surface area contributed by atoms with Gasteiger partial charge >= 0.3 is 0 Å². The zero-order valence-corrected chi connectivity index (χ0v) is 19.4.